The number of benzene rings is 2. The van der Waals surface area contributed by atoms with Crippen LogP contribution in [0.5, 0.6) is 0 Å². The quantitative estimate of drug-likeness (QED) is 0.355. The van der Waals surface area contributed by atoms with Crippen LogP contribution in [-0.2, 0) is 16.1 Å². The number of hydrogen-bond donors (Lipinski definition) is 3. The van der Waals surface area contributed by atoms with Gasteiger partial charge in [-0.05, 0) is 17.7 Å². The number of nitrogens with zero attached hydrogens (tertiary/aromatic N) is 1. The topological polar surface area (TPSA) is 140 Å². The standard InChI is InChI=1S/C18H17ClN4O6/c1-20-18(26)22-16(24)10-29-17(25)13-8-12(23(27)28)6-7-15(13)21-9-11-4-2-3-5-14(11)19/h2-8,21H,9-10H2,1H3,(H2,20,22,24,26). The summed E-state index contributed by atoms with van der Waals surface area (Å²) in [5.41, 5.74) is 0.540. The fourth-order valence-electron chi connectivity index (χ4n) is 2.24. The van der Waals surface area contributed by atoms with Gasteiger partial charge in [0.25, 0.3) is 11.6 Å². The first kappa shape index (κ1) is 21.6. The van der Waals surface area contributed by atoms with Crippen LogP contribution in [0.25, 0.3) is 0 Å². The third-order valence-corrected chi connectivity index (χ3v) is 4.04. The number of rotatable bonds is 7. The van der Waals surface area contributed by atoms with Crippen LogP contribution in [0.1, 0.15) is 15.9 Å². The van der Waals surface area contributed by atoms with Gasteiger partial charge in [-0.1, -0.05) is 29.8 Å². The molecule has 0 spiro atoms. The molecule has 0 aliphatic rings. The number of halogens is 1. The lowest BCUT2D eigenvalue weighted by molar-refractivity contribution is -0.384. The molecular weight excluding hydrogens is 404 g/mol. The Morgan fingerprint density at radius 2 is 1.90 bits per heavy atom. The minimum Gasteiger partial charge on any atom is -0.452 e. The highest BCUT2D eigenvalue weighted by Crippen LogP contribution is 2.24. The summed E-state index contributed by atoms with van der Waals surface area (Å²) < 4.78 is 4.87. The summed E-state index contributed by atoms with van der Waals surface area (Å²) in [5, 5.41) is 18.6. The van der Waals surface area contributed by atoms with E-state index in [2.05, 4.69) is 10.6 Å². The molecule has 2 rings (SSSR count). The van der Waals surface area contributed by atoms with E-state index in [1.165, 1.54) is 19.2 Å². The number of imide groups is 1. The van der Waals surface area contributed by atoms with Gasteiger partial charge in [0.15, 0.2) is 6.61 Å². The number of nitrogens with one attached hydrogen (secondary N) is 3. The van der Waals surface area contributed by atoms with E-state index in [4.69, 9.17) is 16.3 Å². The molecule has 2 aromatic rings. The first-order valence-corrected chi connectivity index (χ1v) is 8.64. The normalized spacial score (nSPS) is 10.0. The number of carbonyl (C=O) groups excluding carboxylic acids is 3. The van der Waals surface area contributed by atoms with Crippen molar-refractivity contribution in [3.05, 3.63) is 68.7 Å². The molecule has 0 fully saturated rings. The first-order valence-electron chi connectivity index (χ1n) is 8.26. The van der Waals surface area contributed by atoms with Gasteiger partial charge in [-0.25, -0.2) is 9.59 Å². The number of amides is 3. The largest absolute Gasteiger partial charge is 0.452 e. The van der Waals surface area contributed by atoms with Gasteiger partial charge in [0.1, 0.15) is 0 Å². The van der Waals surface area contributed by atoms with Gasteiger partial charge < -0.3 is 15.4 Å². The Bertz CT molecular complexity index is 950. The molecule has 11 heteroatoms. The second kappa shape index (κ2) is 10.0. The summed E-state index contributed by atoms with van der Waals surface area (Å²) in [6.45, 7) is -0.492. The summed E-state index contributed by atoms with van der Waals surface area (Å²) in [4.78, 5) is 45.4. The van der Waals surface area contributed by atoms with E-state index in [1.54, 1.807) is 24.3 Å². The number of nitro benzene ring substituents is 1. The van der Waals surface area contributed by atoms with Crippen LogP contribution in [0.4, 0.5) is 16.2 Å². The van der Waals surface area contributed by atoms with E-state index in [0.717, 1.165) is 11.6 Å². The van der Waals surface area contributed by atoms with Crippen molar-refractivity contribution < 1.29 is 24.0 Å². The van der Waals surface area contributed by atoms with Gasteiger partial charge in [0, 0.05) is 36.4 Å². The zero-order chi connectivity index (χ0) is 21.4. The van der Waals surface area contributed by atoms with Crippen LogP contribution in [0.3, 0.4) is 0 Å². The number of esters is 1. The fourth-order valence-corrected chi connectivity index (χ4v) is 2.44. The summed E-state index contributed by atoms with van der Waals surface area (Å²) in [5.74, 6) is -1.82. The van der Waals surface area contributed by atoms with Crippen molar-refractivity contribution in [1.82, 2.24) is 10.6 Å². The van der Waals surface area contributed by atoms with E-state index in [0.29, 0.717) is 5.02 Å². The highest BCUT2D eigenvalue weighted by Gasteiger charge is 2.19. The maximum absolute atomic E-state index is 12.4. The molecule has 0 unspecified atom stereocenters. The van der Waals surface area contributed by atoms with E-state index in [1.807, 2.05) is 5.32 Å². The van der Waals surface area contributed by atoms with Gasteiger partial charge in [-0.3, -0.25) is 20.2 Å². The van der Waals surface area contributed by atoms with Gasteiger partial charge in [-0.15, -0.1) is 0 Å². The Hall–Kier alpha value is -3.66. The van der Waals surface area contributed by atoms with E-state index in [9.17, 15) is 24.5 Å². The van der Waals surface area contributed by atoms with Crippen molar-refractivity contribution in [3.8, 4) is 0 Å². The Kier molecular flexibility index (Phi) is 7.49. The maximum atomic E-state index is 12.4. The van der Waals surface area contributed by atoms with Crippen molar-refractivity contribution in [2.45, 2.75) is 6.54 Å². The van der Waals surface area contributed by atoms with Crippen LogP contribution in [-0.4, -0.2) is 36.5 Å². The Morgan fingerprint density at radius 1 is 1.17 bits per heavy atom. The smallest absolute Gasteiger partial charge is 0.341 e. The molecule has 0 aromatic heterocycles. The number of carbonyl (C=O) groups is 3. The second-order valence-corrected chi connectivity index (χ2v) is 6.04. The highest BCUT2D eigenvalue weighted by atomic mass is 35.5. The van der Waals surface area contributed by atoms with Gasteiger partial charge >= 0.3 is 12.0 Å². The maximum Gasteiger partial charge on any atom is 0.341 e. The Balaban J connectivity index is 2.16. The minimum atomic E-state index is -0.970. The zero-order valence-corrected chi connectivity index (χ0v) is 16.0. The number of anilines is 1. The van der Waals surface area contributed by atoms with Gasteiger partial charge in [-0.2, -0.15) is 0 Å². The number of urea groups is 1. The molecule has 29 heavy (non-hydrogen) atoms. The van der Waals surface area contributed by atoms with Crippen molar-refractivity contribution in [1.29, 1.82) is 0 Å². The SMILES string of the molecule is CNC(=O)NC(=O)COC(=O)c1cc([N+](=O)[O-])ccc1NCc1ccccc1Cl. The Morgan fingerprint density at radius 3 is 2.55 bits per heavy atom. The summed E-state index contributed by atoms with van der Waals surface area (Å²) in [7, 11) is 1.31. The van der Waals surface area contributed by atoms with E-state index in [-0.39, 0.29) is 23.5 Å². The molecule has 152 valence electrons. The van der Waals surface area contributed by atoms with Crippen LogP contribution in [0.15, 0.2) is 42.5 Å². The number of non-ortho nitro benzene ring substituents is 1. The number of hydrogen-bond acceptors (Lipinski definition) is 7. The average molecular weight is 421 g/mol. The van der Waals surface area contributed by atoms with Gasteiger partial charge in [0.2, 0.25) is 0 Å². The van der Waals surface area contributed by atoms with Crippen LogP contribution in [0.2, 0.25) is 5.02 Å². The average Bonchev–Trinajstić information content (AvgIpc) is 2.71. The predicted molar refractivity (Wildman–Crippen MR) is 105 cm³/mol. The Labute approximate surface area is 170 Å². The predicted octanol–water partition coefficient (Wildman–Crippen LogP) is 2.47. The molecule has 10 nitrogen and oxygen atoms in total. The lowest BCUT2D eigenvalue weighted by atomic mass is 10.1. The van der Waals surface area contributed by atoms with Crippen LogP contribution in [0, 0.1) is 10.1 Å². The highest BCUT2D eigenvalue weighted by molar-refractivity contribution is 6.31. The monoisotopic (exact) mass is 420 g/mol. The third-order valence-electron chi connectivity index (χ3n) is 3.68. The molecule has 0 saturated heterocycles. The molecule has 3 N–H and O–H groups in total. The van der Waals surface area contributed by atoms with Crippen molar-refractivity contribution in [3.63, 3.8) is 0 Å². The molecule has 0 atom stereocenters. The molecule has 0 radical (unpaired) electrons. The molecule has 2 aromatic carbocycles. The molecule has 3 amide bonds. The van der Waals surface area contributed by atoms with Crippen molar-refractivity contribution in [2.75, 3.05) is 19.0 Å². The summed E-state index contributed by atoms with van der Waals surface area (Å²) >= 11 is 6.10. The lowest BCUT2D eigenvalue weighted by Gasteiger charge is -2.12. The lowest BCUT2D eigenvalue weighted by Crippen LogP contribution is -2.39. The molecule has 0 bridgehead atoms. The number of ether oxygens (including phenoxy) is 1. The van der Waals surface area contributed by atoms with E-state index < -0.39 is 29.4 Å². The second-order valence-electron chi connectivity index (χ2n) is 5.64. The first-order chi connectivity index (χ1) is 13.8. The van der Waals surface area contributed by atoms with Crippen LogP contribution >= 0.6 is 11.6 Å². The molecule has 0 saturated carbocycles. The minimum absolute atomic E-state index is 0.140. The molecular formula is C18H17ClN4O6. The van der Waals surface area contributed by atoms with Gasteiger partial charge in [0.05, 0.1) is 10.5 Å². The van der Waals surface area contributed by atoms with Crippen molar-refractivity contribution >= 4 is 40.9 Å². The summed E-state index contributed by atoms with van der Waals surface area (Å²) in [6.07, 6.45) is 0. The molecule has 0 aliphatic carbocycles. The van der Waals surface area contributed by atoms with E-state index >= 15 is 0 Å². The zero-order valence-electron chi connectivity index (χ0n) is 15.2. The summed E-state index contributed by atoms with van der Waals surface area (Å²) in [6, 6.07) is 9.90. The van der Waals surface area contributed by atoms with Crippen LogP contribution < -0.4 is 16.0 Å². The number of nitro groups is 1. The molecule has 0 aliphatic heterocycles. The fraction of sp³-hybridized carbons (Fsp3) is 0.167. The van der Waals surface area contributed by atoms with Crippen molar-refractivity contribution in [2.24, 2.45) is 0 Å². The molecule has 0 heterocycles. The third kappa shape index (κ3) is 6.18.